The monoisotopic (exact) mass is 432 g/mol. The highest BCUT2D eigenvalue weighted by Crippen LogP contribution is 2.30. The topological polar surface area (TPSA) is 93.1 Å². The molecule has 0 saturated heterocycles. The molecule has 0 unspecified atom stereocenters. The van der Waals surface area contributed by atoms with Gasteiger partial charge in [-0.3, -0.25) is 19.0 Å². The molecule has 0 aliphatic carbocycles. The third-order valence-electron chi connectivity index (χ3n) is 4.70. The van der Waals surface area contributed by atoms with E-state index in [4.69, 9.17) is 0 Å². The van der Waals surface area contributed by atoms with Crippen molar-refractivity contribution in [3.63, 3.8) is 0 Å². The van der Waals surface area contributed by atoms with Gasteiger partial charge in [0, 0.05) is 29.2 Å². The zero-order chi connectivity index (χ0) is 22.0. The molecular weight excluding hydrogens is 412 g/mol. The number of benzene rings is 2. The molecule has 0 saturated carbocycles. The van der Waals surface area contributed by atoms with Crippen molar-refractivity contribution in [1.82, 2.24) is 9.55 Å². The average molecular weight is 433 g/mol. The molecule has 4 rings (SSSR count). The van der Waals surface area contributed by atoms with Gasteiger partial charge in [-0.25, -0.2) is 4.98 Å². The van der Waals surface area contributed by atoms with Gasteiger partial charge in [-0.2, -0.15) is 0 Å². The first kappa shape index (κ1) is 20.5. The molecule has 2 aromatic carbocycles. The molecule has 0 fully saturated rings. The molecule has 0 aliphatic heterocycles. The van der Waals surface area contributed by atoms with E-state index < -0.39 is 0 Å². The predicted octanol–water partition coefficient (Wildman–Crippen LogP) is 4.03. The summed E-state index contributed by atoms with van der Waals surface area (Å²) in [5, 5.41) is 7.85. The van der Waals surface area contributed by atoms with Crippen LogP contribution in [-0.4, -0.2) is 21.4 Å². The third-order valence-corrected chi connectivity index (χ3v) is 5.59. The number of hydrogen-bond acceptors (Lipinski definition) is 5. The molecule has 2 amide bonds. The lowest BCUT2D eigenvalue weighted by molar-refractivity contribution is -0.117. The maximum absolute atomic E-state index is 13.1. The van der Waals surface area contributed by atoms with Gasteiger partial charge in [0.1, 0.15) is 11.4 Å². The Labute approximate surface area is 182 Å². The maximum Gasteiger partial charge on any atom is 0.263 e. The van der Waals surface area contributed by atoms with Gasteiger partial charge in [0.05, 0.1) is 11.7 Å². The van der Waals surface area contributed by atoms with Crippen molar-refractivity contribution >= 4 is 44.7 Å². The van der Waals surface area contributed by atoms with Crippen molar-refractivity contribution in [1.29, 1.82) is 0 Å². The van der Waals surface area contributed by atoms with Gasteiger partial charge in [0.2, 0.25) is 11.8 Å². The van der Waals surface area contributed by atoms with Crippen molar-refractivity contribution in [2.45, 2.75) is 20.4 Å². The summed E-state index contributed by atoms with van der Waals surface area (Å²) in [5.41, 5.74) is 3.73. The normalized spacial score (nSPS) is 10.8. The summed E-state index contributed by atoms with van der Waals surface area (Å²) < 4.78 is 1.31. The van der Waals surface area contributed by atoms with Crippen molar-refractivity contribution in [3.05, 3.63) is 76.2 Å². The molecule has 2 heterocycles. The Morgan fingerprint density at radius 2 is 1.77 bits per heavy atom. The van der Waals surface area contributed by atoms with Crippen LogP contribution in [0.5, 0.6) is 0 Å². The lowest BCUT2D eigenvalue weighted by Crippen LogP contribution is -2.27. The molecule has 7 nitrogen and oxygen atoms in total. The van der Waals surface area contributed by atoms with Crippen LogP contribution in [0.2, 0.25) is 0 Å². The Hall–Kier alpha value is -3.78. The number of carbonyl (C=O) groups is 2. The van der Waals surface area contributed by atoms with Crippen LogP contribution in [-0.2, 0) is 16.1 Å². The largest absolute Gasteiger partial charge is 0.326 e. The molecule has 2 aromatic heterocycles. The number of thiophene rings is 1. The van der Waals surface area contributed by atoms with Gasteiger partial charge in [0.25, 0.3) is 5.56 Å². The first-order valence-electron chi connectivity index (χ1n) is 9.62. The van der Waals surface area contributed by atoms with Crippen LogP contribution in [0, 0.1) is 6.92 Å². The highest BCUT2D eigenvalue weighted by molar-refractivity contribution is 7.17. The first-order chi connectivity index (χ1) is 14.9. The van der Waals surface area contributed by atoms with Gasteiger partial charge in [-0.15, -0.1) is 11.3 Å². The second kappa shape index (κ2) is 8.53. The summed E-state index contributed by atoms with van der Waals surface area (Å²) in [4.78, 5) is 41.9. The quantitative estimate of drug-likeness (QED) is 0.498. The van der Waals surface area contributed by atoms with Crippen molar-refractivity contribution in [2.75, 3.05) is 10.6 Å². The fourth-order valence-electron chi connectivity index (χ4n) is 3.26. The van der Waals surface area contributed by atoms with Crippen LogP contribution in [0.4, 0.5) is 11.4 Å². The number of nitrogens with zero attached hydrogens (tertiary/aromatic N) is 2. The average Bonchev–Trinajstić information content (AvgIpc) is 3.15. The van der Waals surface area contributed by atoms with Crippen molar-refractivity contribution in [3.8, 4) is 11.1 Å². The molecule has 31 heavy (non-hydrogen) atoms. The van der Waals surface area contributed by atoms with Gasteiger partial charge < -0.3 is 10.6 Å². The second-order valence-electron chi connectivity index (χ2n) is 7.18. The minimum Gasteiger partial charge on any atom is -0.326 e. The fourth-order valence-corrected chi connectivity index (χ4v) is 4.17. The van der Waals surface area contributed by atoms with Gasteiger partial charge in [-0.05, 0) is 30.7 Å². The molecular formula is C23H20N4O3S. The van der Waals surface area contributed by atoms with Crippen LogP contribution in [0.15, 0.2) is 65.0 Å². The van der Waals surface area contributed by atoms with Crippen LogP contribution in [0.1, 0.15) is 12.5 Å². The van der Waals surface area contributed by atoms with Crippen molar-refractivity contribution < 1.29 is 9.59 Å². The van der Waals surface area contributed by atoms with Crippen molar-refractivity contribution in [2.24, 2.45) is 0 Å². The standard InChI is InChI=1S/C23H20N4O3S/c1-14-6-8-16(9-7-14)19-12-31-22-21(19)23(30)27(13-24-22)11-20(29)26-18-5-3-4-17(10-18)25-15(2)28/h3-10,12-13H,11H2,1-2H3,(H,25,28)(H,26,29). The Morgan fingerprint density at radius 1 is 1.06 bits per heavy atom. The number of fused-ring (bicyclic) bond motifs is 1. The fraction of sp³-hybridized carbons (Fsp3) is 0.130. The minimum absolute atomic E-state index is 0.171. The van der Waals surface area contributed by atoms with E-state index in [1.807, 2.05) is 36.6 Å². The number of amides is 2. The lowest BCUT2D eigenvalue weighted by atomic mass is 10.1. The molecule has 0 aliphatic rings. The van der Waals surface area contributed by atoms with Gasteiger partial charge in [-0.1, -0.05) is 35.9 Å². The molecule has 2 N–H and O–H groups in total. The van der Waals surface area contributed by atoms with E-state index in [2.05, 4.69) is 15.6 Å². The van der Waals surface area contributed by atoms with E-state index in [-0.39, 0.29) is 23.9 Å². The SMILES string of the molecule is CC(=O)Nc1cccc(NC(=O)Cn2cnc3scc(-c4ccc(C)cc4)c3c2=O)c1. The van der Waals surface area contributed by atoms with Crippen LogP contribution >= 0.6 is 11.3 Å². The van der Waals surface area contributed by atoms with E-state index in [9.17, 15) is 14.4 Å². The van der Waals surface area contributed by atoms with E-state index in [0.717, 1.165) is 16.7 Å². The molecule has 4 aromatic rings. The molecule has 0 bridgehead atoms. The highest BCUT2D eigenvalue weighted by Gasteiger charge is 2.15. The first-order valence-corrected chi connectivity index (χ1v) is 10.5. The summed E-state index contributed by atoms with van der Waals surface area (Å²) in [6.45, 7) is 3.25. The smallest absolute Gasteiger partial charge is 0.263 e. The summed E-state index contributed by atoms with van der Waals surface area (Å²) in [7, 11) is 0. The Balaban J connectivity index is 1.59. The zero-order valence-electron chi connectivity index (χ0n) is 17.0. The number of aryl methyl sites for hydroxylation is 1. The lowest BCUT2D eigenvalue weighted by Gasteiger charge is -2.09. The van der Waals surface area contributed by atoms with E-state index in [0.29, 0.717) is 21.6 Å². The number of aromatic nitrogens is 2. The number of carbonyl (C=O) groups excluding carboxylic acids is 2. The molecule has 0 atom stereocenters. The maximum atomic E-state index is 13.1. The number of hydrogen-bond donors (Lipinski definition) is 2. The Kier molecular flexibility index (Phi) is 5.64. The van der Waals surface area contributed by atoms with E-state index >= 15 is 0 Å². The minimum atomic E-state index is -0.365. The molecule has 0 radical (unpaired) electrons. The van der Waals surface area contributed by atoms with E-state index in [1.165, 1.54) is 29.2 Å². The van der Waals surface area contributed by atoms with Gasteiger partial charge in [0.15, 0.2) is 0 Å². The predicted molar refractivity (Wildman–Crippen MR) is 123 cm³/mol. The third kappa shape index (κ3) is 4.54. The van der Waals surface area contributed by atoms with Crippen LogP contribution in [0.3, 0.4) is 0 Å². The molecule has 8 heteroatoms. The summed E-state index contributed by atoms with van der Waals surface area (Å²) >= 11 is 1.40. The van der Waals surface area contributed by atoms with E-state index in [1.54, 1.807) is 24.3 Å². The number of anilines is 2. The number of nitrogens with one attached hydrogen (secondary N) is 2. The summed E-state index contributed by atoms with van der Waals surface area (Å²) in [6.07, 6.45) is 1.40. The Morgan fingerprint density at radius 3 is 2.48 bits per heavy atom. The molecule has 156 valence electrons. The summed E-state index contributed by atoms with van der Waals surface area (Å²) in [5.74, 6) is -0.565. The zero-order valence-corrected chi connectivity index (χ0v) is 17.8. The van der Waals surface area contributed by atoms with Gasteiger partial charge >= 0.3 is 0 Å². The Bertz CT molecular complexity index is 1340. The number of rotatable bonds is 5. The van der Waals surface area contributed by atoms with Crippen LogP contribution in [0.25, 0.3) is 21.3 Å². The molecule has 0 spiro atoms. The summed E-state index contributed by atoms with van der Waals surface area (Å²) in [6, 6.07) is 14.7. The second-order valence-corrected chi connectivity index (χ2v) is 8.04. The van der Waals surface area contributed by atoms with Crippen LogP contribution < -0.4 is 16.2 Å². The highest BCUT2D eigenvalue weighted by atomic mass is 32.1.